The first kappa shape index (κ1) is 31.5. The largest absolute Gasteiger partial charge is 0.459 e. The second-order valence-corrected chi connectivity index (χ2v) is 12.6. The third-order valence-electron chi connectivity index (χ3n) is 8.50. The first-order valence-electron chi connectivity index (χ1n) is 15.5. The first-order valence-corrected chi connectivity index (χ1v) is 16.3. The van der Waals surface area contributed by atoms with Crippen LogP contribution in [0.1, 0.15) is 42.5 Å². The van der Waals surface area contributed by atoms with Crippen LogP contribution in [0.4, 0.5) is 5.69 Å². The predicted octanol–water partition coefficient (Wildman–Crippen LogP) is 6.46. The maximum absolute atomic E-state index is 14.1. The molecule has 3 aromatic carbocycles. The second kappa shape index (κ2) is 13.5. The smallest absolute Gasteiger partial charge is 0.290 e. The minimum absolute atomic E-state index is 0.00615. The number of aliphatic hydroxyl groups excluding tert-OH is 1. The first-order chi connectivity index (χ1) is 22.3. The Morgan fingerprint density at radius 3 is 2.57 bits per heavy atom. The number of aliphatic hydroxyl groups is 1. The Bertz CT molecular complexity index is 1940. The summed E-state index contributed by atoms with van der Waals surface area (Å²) in [7, 11) is 1.85. The third kappa shape index (κ3) is 6.16. The highest BCUT2D eigenvalue weighted by molar-refractivity contribution is 7.21. The standard InChI is InChI=1S/C36H38N4O5S/c1-5-44-36-27(12-9-19-41)28(32-23(3)39(4)40(35(32)43)26-10-7-6-8-11-26)21-30(45-36)33(42)37-25-16-14-24(15-17-25)34-38-29-18-13-22(2)20-31(29)46-34/h6-8,10-11,13-18,20-21,27-28,36,41H,5,9,12,19H2,1-4H3,(H,37,42)/t27-,28+,36-/m1/s1. The van der Waals surface area contributed by atoms with E-state index in [1.54, 1.807) is 22.1 Å². The number of ether oxygens (including phenoxy) is 2. The quantitative estimate of drug-likeness (QED) is 0.182. The second-order valence-electron chi connectivity index (χ2n) is 11.5. The van der Waals surface area contributed by atoms with E-state index in [1.807, 2.05) is 86.2 Å². The van der Waals surface area contributed by atoms with Gasteiger partial charge in [0.1, 0.15) is 5.01 Å². The van der Waals surface area contributed by atoms with Crippen molar-refractivity contribution in [1.29, 1.82) is 0 Å². The summed E-state index contributed by atoms with van der Waals surface area (Å²) in [6.45, 7) is 6.19. The van der Waals surface area contributed by atoms with Gasteiger partial charge in [0.15, 0.2) is 5.76 Å². The fourth-order valence-electron chi connectivity index (χ4n) is 6.12. The Labute approximate surface area is 271 Å². The van der Waals surface area contributed by atoms with Crippen molar-refractivity contribution < 1.29 is 19.4 Å². The summed E-state index contributed by atoms with van der Waals surface area (Å²) >= 11 is 1.63. The average Bonchev–Trinajstić information content (AvgIpc) is 3.57. The van der Waals surface area contributed by atoms with Crippen LogP contribution >= 0.6 is 11.3 Å². The molecule has 238 valence electrons. The molecule has 0 radical (unpaired) electrons. The highest BCUT2D eigenvalue weighted by atomic mass is 32.1. The Balaban J connectivity index is 1.32. The number of nitrogens with zero attached hydrogens (tertiary/aromatic N) is 3. The van der Waals surface area contributed by atoms with E-state index in [4.69, 9.17) is 14.5 Å². The van der Waals surface area contributed by atoms with Crippen LogP contribution in [0.3, 0.4) is 0 Å². The van der Waals surface area contributed by atoms with E-state index in [-0.39, 0.29) is 23.8 Å². The molecular formula is C36H38N4O5S. The maximum Gasteiger partial charge on any atom is 0.290 e. The molecule has 46 heavy (non-hydrogen) atoms. The molecule has 3 atom stereocenters. The van der Waals surface area contributed by atoms with E-state index in [0.29, 0.717) is 30.7 Å². The molecule has 1 aliphatic heterocycles. The minimum atomic E-state index is -0.776. The van der Waals surface area contributed by atoms with Crippen molar-refractivity contribution in [3.05, 3.63) is 112 Å². The van der Waals surface area contributed by atoms with Gasteiger partial charge in [-0.15, -0.1) is 11.3 Å². The number of allylic oxidation sites excluding steroid dienone is 1. The summed E-state index contributed by atoms with van der Waals surface area (Å²) in [5.41, 5.74) is 5.65. The molecular weight excluding hydrogens is 600 g/mol. The molecule has 5 aromatic rings. The van der Waals surface area contributed by atoms with Gasteiger partial charge >= 0.3 is 0 Å². The number of fused-ring (bicyclic) bond motifs is 1. The van der Waals surface area contributed by atoms with E-state index >= 15 is 0 Å². The zero-order chi connectivity index (χ0) is 32.4. The highest BCUT2D eigenvalue weighted by Gasteiger charge is 2.40. The number of carbonyl (C=O) groups excluding carboxylic acids is 1. The van der Waals surface area contributed by atoms with Crippen LogP contribution < -0.4 is 10.9 Å². The lowest BCUT2D eigenvalue weighted by Gasteiger charge is -2.36. The van der Waals surface area contributed by atoms with Crippen LogP contribution in [-0.4, -0.2) is 44.9 Å². The van der Waals surface area contributed by atoms with Crippen LogP contribution in [-0.2, 0) is 21.3 Å². The van der Waals surface area contributed by atoms with Gasteiger partial charge in [0.25, 0.3) is 11.5 Å². The van der Waals surface area contributed by atoms with Gasteiger partial charge in [-0.05, 0) is 93.8 Å². The molecule has 1 amide bonds. The number of benzene rings is 3. The monoisotopic (exact) mass is 638 g/mol. The van der Waals surface area contributed by atoms with Crippen molar-refractivity contribution in [1.82, 2.24) is 14.3 Å². The molecule has 1 aliphatic rings. The van der Waals surface area contributed by atoms with Crippen LogP contribution in [0.2, 0.25) is 0 Å². The molecule has 9 nitrogen and oxygen atoms in total. The molecule has 0 unspecified atom stereocenters. The van der Waals surface area contributed by atoms with E-state index in [9.17, 15) is 14.7 Å². The number of para-hydroxylation sites is 1. The third-order valence-corrected chi connectivity index (χ3v) is 9.57. The molecule has 0 bridgehead atoms. The zero-order valence-electron chi connectivity index (χ0n) is 26.4. The van der Waals surface area contributed by atoms with Crippen LogP contribution in [0, 0.1) is 19.8 Å². The molecule has 6 rings (SSSR count). The van der Waals surface area contributed by atoms with E-state index in [0.717, 1.165) is 32.2 Å². The summed E-state index contributed by atoms with van der Waals surface area (Å²) in [6.07, 6.45) is 2.01. The summed E-state index contributed by atoms with van der Waals surface area (Å²) in [4.78, 5) is 32.5. The number of hydrogen-bond donors (Lipinski definition) is 2. The lowest BCUT2D eigenvalue weighted by Crippen LogP contribution is -2.39. The van der Waals surface area contributed by atoms with Gasteiger partial charge in [-0.1, -0.05) is 24.3 Å². The molecule has 2 N–H and O–H groups in total. The van der Waals surface area contributed by atoms with Crippen molar-refractivity contribution in [2.45, 2.75) is 45.8 Å². The fraction of sp³-hybridized carbons (Fsp3) is 0.306. The summed E-state index contributed by atoms with van der Waals surface area (Å²) < 4.78 is 16.8. The number of nitrogens with one attached hydrogen (secondary N) is 1. The van der Waals surface area contributed by atoms with Crippen molar-refractivity contribution >= 4 is 33.1 Å². The number of aromatic nitrogens is 3. The molecule has 0 fully saturated rings. The predicted molar refractivity (Wildman–Crippen MR) is 181 cm³/mol. The summed E-state index contributed by atoms with van der Waals surface area (Å²) in [5, 5.41) is 13.6. The molecule has 3 heterocycles. The molecule has 0 spiro atoms. The van der Waals surface area contributed by atoms with Gasteiger partial charge in [-0.25, -0.2) is 9.67 Å². The SMILES string of the molecule is CCO[C@@H]1OC(C(=O)Nc2ccc(-c3nc4ccc(C)cc4s3)cc2)=C[C@H](c2c(C)n(C)n(-c3ccccc3)c2=O)[C@H]1CCCO. The maximum atomic E-state index is 14.1. The lowest BCUT2D eigenvalue weighted by atomic mass is 9.80. The average molecular weight is 639 g/mol. The van der Waals surface area contributed by atoms with E-state index in [2.05, 4.69) is 24.4 Å². The van der Waals surface area contributed by atoms with Gasteiger partial charge in [0.05, 0.1) is 15.9 Å². The van der Waals surface area contributed by atoms with Gasteiger partial charge in [0, 0.05) is 54.6 Å². The van der Waals surface area contributed by atoms with Crippen molar-refractivity contribution in [3.63, 3.8) is 0 Å². The Hall–Kier alpha value is -4.51. The van der Waals surface area contributed by atoms with E-state index in [1.165, 1.54) is 5.56 Å². The molecule has 0 saturated heterocycles. The van der Waals surface area contributed by atoms with Crippen molar-refractivity contribution in [2.75, 3.05) is 18.5 Å². The molecule has 0 saturated carbocycles. The number of rotatable bonds is 10. The van der Waals surface area contributed by atoms with Gasteiger partial charge in [0.2, 0.25) is 6.29 Å². The number of hydrogen-bond acceptors (Lipinski definition) is 7. The van der Waals surface area contributed by atoms with Gasteiger partial charge in [-0.3, -0.25) is 14.3 Å². The van der Waals surface area contributed by atoms with Gasteiger partial charge in [-0.2, -0.15) is 0 Å². The molecule has 0 aliphatic carbocycles. The van der Waals surface area contributed by atoms with E-state index < -0.39 is 18.1 Å². The normalized spacial score (nSPS) is 17.9. The highest BCUT2D eigenvalue weighted by Crippen LogP contribution is 2.40. The van der Waals surface area contributed by atoms with Gasteiger partial charge < -0.3 is 19.9 Å². The summed E-state index contributed by atoms with van der Waals surface area (Å²) in [5.74, 6) is -1.12. The van der Waals surface area contributed by atoms with Crippen LogP contribution in [0.25, 0.3) is 26.5 Å². The topological polar surface area (TPSA) is 108 Å². The number of amides is 1. The van der Waals surface area contributed by atoms with Crippen molar-refractivity contribution in [2.24, 2.45) is 13.0 Å². The molecule has 2 aromatic heterocycles. The Morgan fingerprint density at radius 2 is 1.85 bits per heavy atom. The van der Waals surface area contributed by atoms with Crippen LogP contribution in [0.5, 0.6) is 0 Å². The van der Waals surface area contributed by atoms with Crippen molar-refractivity contribution in [3.8, 4) is 16.3 Å². The fourth-order valence-corrected chi connectivity index (χ4v) is 7.19. The summed E-state index contributed by atoms with van der Waals surface area (Å²) in [6, 6.07) is 23.2. The van der Waals surface area contributed by atoms with Crippen LogP contribution in [0.15, 0.2) is 89.4 Å². The number of aryl methyl sites for hydroxylation is 1. The number of thiazole rings is 1. The lowest BCUT2D eigenvalue weighted by molar-refractivity contribution is -0.165. The Kier molecular flexibility index (Phi) is 9.21. The number of carbonyl (C=O) groups is 1. The Morgan fingerprint density at radius 1 is 1.09 bits per heavy atom. The minimum Gasteiger partial charge on any atom is -0.459 e. The number of anilines is 1. The zero-order valence-corrected chi connectivity index (χ0v) is 27.2. The molecule has 10 heteroatoms.